The first-order chi connectivity index (χ1) is 8.89. The third kappa shape index (κ3) is 3.90. The summed E-state index contributed by atoms with van der Waals surface area (Å²) < 4.78 is 0. The molecule has 1 aromatic rings. The van der Waals surface area contributed by atoms with Gasteiger partial charge < -0.3 is 10.6 Å². The summed E-state index contributed by atoms with van der Waals surface area (Å²) in [5, 5.41) is 6.87. The summed E-state index contributed by atoms with van der Waals surface area (Å²) in [6.07, 6.45) is 4.35. The second-order valence-electron chi connectivity index (χ2n) is 6.96. The molecule has 2 N–H and O–H groups in total. The second kappa shape index (κ2) is 5.45. The van der Waals surface area contributed by atoms with Gasteiger partial charge in [-0.25, -0.2) is 9.97 Å². The van der Waals surface area contributed by atoms with Crippen LogP contribution in [0.25, 0.3) is 0 Å². The number of nitrogens with zero attached hydrogens (tertiary/aromatic N) is 2. The Morgan fingerprint density at radius 3 is 2.84 bits per heavy atom. The van der Waals surface area contributed by atoms with E-state index in [0.29, 0.717) is 5.41 Å². The first-order valence-electron chi connectivity index (χ1n) is 7.17. The Kier molecular flexibility index (Phi) is 4.09. The molecule has 0 aromatic carbocycles. The number of anilines is 1. The highest BCUT2D eigenvalue weighted by Crippen LogP contribution is 2.26. The van der Waals surface area contributed by atoms with Crippen LogP contribution in [0.5, 0.6) is 0 Å². The number of aromatic nitrogens is 2. The largest absolute Gasteiger partial charge is 0.354 e. The average Bonchev–Trinajstić information content (AvgIpc) is 2.37. The Bertz CT molecular complexity index is 416. The van der Waals surface area contributed by atoms with Crippen LogP contribution < -0.4 is 10.6 Å². The maximum atomic E-state index is 4.62. The van der Waals surface area contributed by atoms with Crippen molar-refractivity contribution in [3.8, 4) is 0 Å². The highest BCUT2D eigenvalue weighted by Gasteiger charge is 2.26. The molecule has 2 heterocycles. The van der Waals surface area contributed by atoms with Crippen molar-refractivity contribution in [2.24, 2.45) is 5.41 Å². The molecule has 1 aliphatic heterocycles. The third-order valence-corrected chi connectivity index (χ3v) is 3.78. The molecule has 1 aromatic heterocycles. The van der Waals surface area contributed by atoms with Gasteiger partial charge in [0, 0.05) is 24.7 Å². The summed E-state index contributed by atoms with van der Waals surface area (Å²) in [7, 11) is 0. The Hall–Kier alpha value is -1.16. The summed E-state index contributed by atoms with van der Waals surface area (Å²) in [4.78, 5) is 8.94. The van der Waals surface area contributed by atoms with Crippen molar-refractivity contribution < 1.29 is 0 Å². The first-order valence-corrected chi connectivity index (χ1v) is 7.17. The summed E-state index contributed by atoms with van der Waals surface area (Å²) in [5.74, 6) is 0.749. The van der Waals surface area contributed by atoms with Crippen LogP contribution >= 0.6 is 0 Å². The Morgan fingerprint density at radius 2 is 2.21 bits per heavy atom. The van der Waals surface area contributed by atoms with Gasteiger partial charge in [-0.2, -0.15) is 0 Å². The molecular weight excluding hydrogens is 236 g/mol. The van der Waals surface area contributed by atoms with E-state index in [1.54, 1.807) is 0 Å². The molecule has 1 unspecified atom stereocenters. The van der Waals surface area contributed by atoms with Crippen molar-refractivity contribution in [2.75, 3.05) is 25.0 Å². The molecule has 1 aliphatic rings. The maximum absolute atomic E-state index is 4.62. The molecular formula is C15H26N4. The van der Waals surface area contributed by atoms with Gasteiger partial charge in [0.25, 0.3) is 0 Å². The van der Waals surface area contributed by atoms with E-state index in [4.69, 9.17) is 0 Å². The molecule has 1 atom stereocenters. The third-order valence-electron chi connectivity index (χ3n) is 3.78. The Morgan fingerprint density at radius 1 is 1.42 bits per heavy atom. The topological polar surface area (TPSA) is 49.8 Å². The lowest BCUT2D eigenvalue weighted by Crippen LogP contribution is -2.42. The fourth-order valence-electron chi connectivity index (χ4n) is 2.42. The number of nitrogens with one attached hydrogen (secondary N) is 2. The van der Waals surface area contributed by atoms with Gasteiger partial charge in [0.15, 0.2) is 0 Å². The highest BCUT2D eigenvalue weighted by atomic mass is 15.1. The smallest absolute Gasteiger partial charge is 0.222 e. The van der Waals surface area contributed by atoms with E-state index in [-0.39, 0.29) is 5.41 Å². The lowest BCUT2D eigenvalue weighted by molar-refractivity contribution is 0.253. The zero-order valence-electron chi connectivity index (χ0n) is 12.6. The predicted octanol–water partition coefficient (Wildman–Crippen LogP) is 2.58. The molecule has 19 heavy (non-hydrogen) atoms. The molecule has 0 saturated carbocycles. The van der Waals surface area contributed by atoms with E-state index in [1.807, 2.05) is 12.3 Å². The van der Waals surface area contributed by atoms with Gasteiger partial charge in [-0.1, -0.05) is 27.7 Å². The van der Waals surface area contributed by atoms with Crippen molar-refractivity contribution >= 4 is 5.95 Å². The molecule has 2 rings (SSSR count). The van der Waals surface area contributed by atoms with Crippen LogP contribution in [-0.2, 0) is 5.41 Å². The van der Waals surface area contributed by atoms with E-state index in [2.05, 4.69) is 48.3 Å². The SMILES string of the molecule is CC1(CNc2nccc(C(C)(C)C)n2)CCCNC1. The van der Waals surface area contributed by atoms with E-state index in [1.165, 1.54) is 12.8 Å². The lowest BCUT2D eigenvalue weighted by atomic mass is 9.83. The Balaban J connectivity index is 1.99. The molecule has 0 radical (unpaired) electrons. The number of rotatable bonds is 3. The highest BCUT2D eigenvalue weighted by molar-refractivity contribution is 5.28. The molecule has 0 aliphatic carbocycles. The van der Waals surface area contributed by atoms with E-state index in [9.17, 15) is 0 Å². The van der Waals surface area contributed by atoms with Gasteiger partial charge in [-0.3, -0.25) is 0 Å². The summed E-state index contributed by atoms with van der Waals surface area (Å²) >= 11 is 0. The molecule has 4 nitrogen and oxygen atoms in total. The van der Waals surface area contributed by atoms with Gasteiger partial charge >= 0.3 is 0 Å². The number of hydrogen-bond acceptors (Lipinski definition) is 4. The Labute approximate surface area is 116 Å². The van der Waals surface area contributed by atoms with Crippen molar-refractivity contribution in [1.29, 1.82) is 0 Å². The van der Waals surface area contributed by atoms with Gasteiger partial charge in [0.2, 0.25) is 5.95 Å². The van der Waals surface area contributed by atoms with Crippen LogP contribution in [0.15, 0.2) is 12.3 Å². The zero-order valence-corrected chi connectivity index (χ0v) is 12.6. The molecule has 1 saturated heterocycles. The monoisotopic (exact) mass is 262 g/mol. The molecule has 4 heteroatoms. The molecule has 0 bridgehead atoms. The summed E-state index contributed by atoms with van der Waals surface area (Å²) in [6, 6.07) is 2.00. The van der Waals surface area contributed by atoms with Crippen molar-refractivity contribution in [1.82, 2.24) is 15.3 Å². The van der Waals surface area contributed by atoms with E-state index < -0.39 is 0 Å². The summed E-state index contributed by atoms with van der Waals surface area (Å²) in [6.45, 7) is 12.0. The second-order valence-corrected chi connectivity index (χ2v) is 6.96. The van der Waals surface area contributed by atoms with Gasteiger partial charge in [-0.15, -0.1) is 0 Å². The van der Waals surface area contributed by atoms with Gasteiger partial charge in [-0.05, 0) is 30.9 Å². The number of hydrogen-bond donors (Lipinski definition) is 2. The van der Waals surface area contributed by atoms with Crippen molar-refractivity contribution in [2.45, 2.75) is 46.0 Å². The molecule has 1 fully saturated rings. The van der Waals surface area contributed by atoms with Crippen LogP contribution in [0.3, 0.4) is 0 Å². The van der Waals surface area contributed by atoms with Crippen LogP contribution in [0.4, 0.5) is 5.95 Å². The molecule has 0 amide bonds. The van der Waals surface area contributed by atoms with Crippen LogP contribution in [0.1, 0.15) is 46.2 Å². The zero-order chi connectivity index (χ0) is 13.9. The summed E-state index contributed by atoms with van der Waals surface area (Å²) in [5.41, 5.74) is 1.45. The first kappa shape index (κ1) is 14.3. The average molecular weight is 262 g/mol. The van der Waals surface area contributed by atoms with Crippen LogP contribution in [0, 0.1) is 5.41 Å². The van der Waals surface area contributed by atoms with Crippen LogP contribution in [0.2, 0.25) is 0 Å². The van der Waals surface area contributed by atoms with Crippen molar-refractivity contribution in [3.63, 3.8) is 0 Å². The van der Waals surface area contributed by atoms with Crippen LogP contribution in [-0.4, -0.2) is 29.6 Å². The van der Waals surface area contributed by atoms with E-state index >= 15 is 0 Å². The molecule has 106 valence electrons. The van der Waals surface area contributed by atoms with Crippen molar-refractivity contribution in [3.05, 3.63) is 18.0 Å². The standard InChI is InChI=1S/C15H26N4/c1-14(2,3)12-6-9-17-13(19-12)18-11-15(4)7-5-8-16-10-15/h6,9,16H,5,7-8,10-11H2,1-4H3,(H,17,18,19). The van der Waals surface area contributed by atoms with E-state index in [0.717, 1.165) is 31.3 Å². The number of piperidine rings is 1. The normalized spacial score (nSPS) is 24.2. The lowest BCUT2D eigenvalue weighted by Gasteiger charge is -2.34. The van der Waals surface area contributed by atoms with Gasteiger partial charge in [0.05, 0.1) is 5.69 Å². The molecule has 0 spiro atoms. The fraction of sp³-hybridized carbons (Fsp3) is 0.733. The minimum atomic E-state index is 0.0651. The minimum Gasteiger partial charge on any atom is -0.354 e. The maximum Gasteiger partial charge on any atom is 0.222 e. The fourth-order valence-corrected chi connectivity index (χ4v) is 2.42. The van der Waals surface area contributed by atoms with Gasteiger partial charge in [0.1, 0.15) is 0 Å². The quantitative estimate of drug-likeness (QED) is 0.879. The minimum absolute atomic E-state index is 0.0651. The predicted molar refractivity (Wildman–Crippen MR) is 79.4 cm³/mol.